The Bertz CT molecular complexity index is 684. The summed E-state index contributed by atoms with van der Waals surface area (Å²) < 4.78 is 5.28. The van der Waals surface area contributed by atoms with Crippen LogP contribution in [0.1, 0.15) is 24.5 Å². The number of benzene rings is 1. The lowest BCUT2D eigenvalue weighted by atomic mass is 10.0. The summed E-state index contributed by atoms with van der Waals surface area (Å²) >= 11 is 0. The average Bonchev–Trinajstić information content (AvgIpc) is 2.83. The maximum absolute atomic E-state index is 11.7. The minimum atomic E-state index is -0.283. The predicted octanol–water partition coefficient (Wildman–Crippen LogP) is 1.94. The second-order valence-corrected chi connectivity index (χ2v) is 5.93. The fourth-order valence-corrected chi connectivity index (χ4v) is 2.76. The largest absolute Gasteiger partial charge is 0.423 e. The van der Waals surface area contributed by atoms with Crippen molar-refractivity contribution in [2.45, 2.75) is 32.4 Å². The SMILES string of the molecule is Cc1ccc2c(CNC3(C)CCNC3)cc(=O)oc2c1. The summed E-state index contributed by atoms with van der Waals surface area (Å²) in [6, 6.07) is 7.58. The molecule has 2 N–H and O–H groups in total. The number of fused-ring (bicyclic) bond motifs is 1. The standard InChI is InChI=1S/C16H20N2O2/c1-11-3-4-13-12(8-15(19)20-14(13)7-11)9-18-16(2)5-6-17-10-16/h3-4,7-8,17-18H,5-6,9-10H2,1-2H3. The molecule has 0 saturated carbocycles. The fourth-order valence-electron chi connectivity index (χ4n) is 2.76. The summed E-state index contributed by atoms with van der Waals surface area (Å²) in [5, 5.41) is 7.94. The van der Waals surface area contributed by atoms with Gasteiger partial charge in [-0.05, 0) is 44.0 Å². The van der Waals surface area contributed by atoms with Crippen LogP contribution in [0.5, 0.6) is 0 Å². The molecule has 2 aromatic rings. The summed E-state index contributed by atoms with van der Waals surface area (Å²) in [7, 11) is 0. The van der Waals surface area contributed by atoms with Gasteiger partial charge in [0, 0.05) is 30.1 Å². The number of aryl methyl sites for hydroxylation is 1. The lowest BCUT2D eigenvalue weighted by Gasteiger charge is -2.24. The molecule has 1 aliphatic heterocycles. The zero-order valence-corrected chi connectivity index (χ0v) is 12.0. The maximum Gasteiger partial charge on any atom is 0.336 e. The highest BCUT2D eigenvalue weighted by Crippen LogP contribution is 2.20. The third-order valence-electron chi connectivity index (χ3n) is 4.06. The van der Waals surface area contributed by atoms with Crippen LogP contribution in [-0.2, 0) is 6.54 Å². The van der Waals surface area contributed by atoms with Gasteiger partial charge in [0.15, 0.2) is 0 Å². The van der Waals surface area contributed by atoms with E-state index >= 15 is 0 Å². The van der Waals surface area contributed by atoms with E-state index in [1.165, 1.54) is 0 Å². The molecular weight excluding hydrogens is 252 g/mol. The molecule has 1 unspecified atom stereocenters. The first kappa shape index (κ1) is 13.3. The molecule has 0 spiro atoms. The molecule has 1 aromatic carbocycles. The maximum atomic E-state index is 11.7. The molecule has 1 aromatic heterocycles. The lowest BCUT2D eigenvalue weighted by Crippen LogP contribution is -2.43. The lowest BCUT2D eigenvalue weighted by molar-refractivity contribution is 0.385. The van der Waals surface area contributed by atoms with Crippen LogP contribution >= 0.6 is 0 Å². The van der Waals surface area contributed by atoms with E-state index in [-0.39, 0.29) is 11.2 Å². The van der Waals surface area contributed by atoms with E-state index in [1.54, 1.807) is 6.07 Å². The first-order valence-electron chi connectivity index (χ1n) is 7.05. The highest BCUT2D eigenvalue weighted by Gasteiger charge is 2.27. The third kappa shape index (κ3) is 2.62. The van der Waals surface area contributed by atoms with Gasteiger partial charge < -0.3 is 15.1 Å². The van der Waals surface area contributed by atoms with Crippen LogP contribution in [0.2, 0.25) is 0 Å². The molecule has 1 saturated heterocycles. The topological polar surface area (TPSA) is 54.3 Å². The number of nitrogens with one attached hydrogen (secondary N) is 2. The molecular formula is C16H20N2O2. The van der Waals surface area contributed by atoms with E-state index < -0.39 is 0 Å². The second-order valence-electron chi connectivity index (χ2n) is 5.93. The smallest absolute Gasteiger partial charge is 0.336 e. The molecule has 1 atom stereocenters. The number of rotatable bonds is 3. The zero-order chi connectivity index (χ0) is 14.2. The van der Waals surface area contributed by atoms with E-state index in [9.17, 15) is 4.79 Å². The van der Waals surface area contributed by atoms with E-state index in [0.717, 1.165) is 36.0 Å². The highest BCUT2D eigenvalue weighted by atomic mass is 16.4. The van der Waals surface area contributed by atoms with Crippen molar-refractivity contribution in [3.8, 4) is 0 Å². The van der Waals surface area contributed by atoms with Gasteiger partial charge in [0.25, 0.3) is 0 Å². The zero-order valence-electron chi connectivity index (χ0n) is 12.0. The van der Waals surface area contributed by atoms with Crippen molar-refractivity contribution in [3.05, 3.63) is 45.8 Å². The van der Waals surface area contributed by atoms with Crippen molar-refractivity contribution in [3.63, 3.8) is 0 Å². The Kier molecular flexibility index (Phi) is 3.36. The van der Waals surface area contributed by atoms with Crippen LogP contribution in [0.25, 0.3) is 11.0 Å². The Morgan fingerprint density at radius 2 is 2.25 bits per heavy atom. The molecule has 4 nitrogen and oxygen atoms in total. The Morgan fingerprint density at radius 3 is 3.00 bits per heavy atom. The van der Waals surface area contributed by atoms with Gasteiger partial charge in [-0.25, -0.2) is 4.79 Å². The predicted molar refractivity (Wildman–Crippen MR) is 80.0 cm³/mol. The van der Waals surface area contributed by atoms with Crippen LogP contribution in [0, 0.1) is 6.92 Å². The summed E-state index contributed by atoms with van der Waals surface area (Å²) in [4.78, 5) is 11.7. The van der Waals surface area contributed by atoms with Crippen LogP contribution in [0.4, 0.5) is 0 Å². The quantitative estimate of drug-likeness (QED) is 0.839. The number of hydrogen-bond donors (Lipinski definition) is 2. The Balaban J connectivity index is 1.92. The van der Waals surface area contributed by atoms with Gasteiger partial charge in [-0.3, -0.25) is 0 Å². The first-order chi connectivity index (χ1) is 9.56. The van der Waals surface area contributed by atoms with E-state index in [2.05, 4.69) is 17.6 Å². The van der Waals surface area contributed by atoms with E-state index in [4.69, 9.17) is 4.42 Å². The molecule has 1 aliphatic rings. The first-order valence-corrected chi connectivity index (χ1v) is 7.05. The van der Waals surface area contributed by atoms with Crippen LogP contribution in [0.15, 0.2) is 33.5 Å². The summed E-state index contributed by atoms with van der Waals surface area (Å²) in [6.07, 6.45) is 1.10. The third-order valence-corrected chi connectivity index (χ3v) is 4.06. The highest BCUT2D eigenvalue weighted by molar-refractivity contribution is 5.80. The molecule has 0 radical (unpaired) electrons. The van der Waals surface area contributed by atoms with Crippen LogP contribution in [-0.4, -0.2) is 18.6 Å². The molecule has 0 bridgehead atoms. The van der Waals surface area contributed by atoms with Crippen molar-refractivity contribution >= 4 is 11.0 Å². The van der Waals surface area contributed by atoms with Crippen molar-refractivity contribution in [1.82, 2.24) is 10.6 Å². The Hall–Kier alpha value is -1.65. The molecule has 0 amide bonds. The molecule has 2 heterocycles. The summed E-state index contributed by atoms with van der Waals surface area (Å²) in [5.41, 5.74) is 2.59. The fraction of sp³-hybridized carbons (Fsp3) is 0.438. The minimum Gasteiger partial charge on any atom is -0.423 e. The normalized spacial score (nSPS) is 22.5. The van der Waals surface area contributed by atoms with Crippen LogP contribution < -0.4 is 16.3 Å². The van der Waals surface area contributed by atoms with Gasteiger partial charge in [0.1, 0.15) is 5.58 Å². The molecule has 1 fully saturated rings. The van der Waals surface area contributed by atoms with Gasteiger partial charge in [-0.1, -0.05) is 12.1 Å². The molecule has 106 valence electrons. The van der Waals surface area contributed by atoms with Gasteiger partial charge in [0.2, 0.25) is 0 Å². The second kappa shape index (κ2) is 5.04. The van der Waals surface area contributed by atoms with E-state index in [0.29, 0.717) is 12.1 Å². The van der Waals surface area contributed by atoms with Crippen molar-refractivity contribution in [2.24, 2.45) is 0 Å². The Labute approximate surface area is 118 Å². The summed E-state index contributed by atoms with van der Waals surface area (Å²) in [6.45, 7) is 6.90. The van der Waals surface area contributed by atoms with Gasteiger partial charge >= 0.3 is 5.63 Å². The number of hydrogen-bond acceptors (Lipinski definition) is 4. The van der Waals surface area contributed by atoms with Gasteiger partial charge in [-0.15, -0.1) is 0 Å². The van der Waals surface area contributed by atoms with Crippen molar-refractivity contribution in [2.75, 3.05) is 13.1 Å². The molecule has 3 rings (SSSR count). The van der Waals surface area contributed by atoms with Gasteiger partial charge in [-0.2, -0.15) is 0 Å². The van der Waals surface area contributed by atoms with Crippen molar-refractivity contribution < 1.29 is 4.42 Å². The Morgan fingerprint density at radius 1 is 1.40 bits per heavy atom. The van der Waals surface area contributed by atoms with Crippen LogP contribution in [0.3, 0.4) is 0 Å². The molecule has 0 aliphatic carbocycles. The van der Waals surface area contributed by atoms with Gasteiger partial charge in [0.05, 0.1) is 0 Å². The van der Waals surface area contributed by atoms with Crippen molar-refractivity contribution in [1.29, 1.82) is 0 Å². The van der Waals surface area contributed by atoms with E-state index in [1.807, 2.05) is 25.1 Å². The summed E-state index contributed by atoms with van der Waals surface area (Å²) in [5.74, 6) is 0. The monoisotopic (exact) mass is 272 g/mol. The molecule has 20 heavy (non-hydrogen) atoms. The molecule has 4 heteroatoms. The average molecular weight is 272 g/mol. The minimum absolute atomic E-state index is 0.104.